The maximum atomic E-state index is 5.99. The molecule has 0 saturated heterocycles. The average Bonchev–Trinajstić information content (AvgIpc) is 2.84. The highest BCUT2D eigenvalue weighted by Crippen LogP contribution is 2.21. The van der Waals surface area contributed by atoms with E-state index in [4.69, 9.17) is 11.6 Å². The predicted molar refractivity (Wildman–Crippen MR) is 88.8 cm³/mol. The molecule has 2 rings (SSSR count). The molecule has 0 bridgehead atoms. The third-order valence-electron chi connectivity index (χ3n) is 3.51. The molecule has 1 aromatic heterocycles. The SMILES string of the molecule is CC(C)CNCC(Cc1ccn(C)n1)c1ccc(Cl)cc1. The fourth-order valence-corrected chi connectivity index (χ4v) is 2.54. The molecule has 21 heavy (non-hydrogen) atoms. The first kappa shape index (κ1) is 16.1. The van der Waals surface area contributed by atoms with Gasteiger partial charge in [-0.3, -0.25) is 4.68 Å². The number of halogens is 1. The molecule has 0 radical (unpaired) electrons. The number of aromatic nitrogens is 2. The maximum absolute atomic E-state index is 5.99. The Kier molecular flexibility index (Phi) is 5.83. The highest BCUT2D eigenvalue weighted by Gasteiger charge is 2.14. The van der Waals surface area contributed by atoms with Crippen molar-refractivity contribution in [3.05, 3.63) is 52.8 Å². The van der Waals surface area contributed by atoms with Gasteiger partial charge in [0.05, 0.1) is 5.69 Å². The average molecular weight is 306 g/mol. The Morgan fingerprint density at radius 1 is 1.14 bits per heavy atom. The lowest BCUT2D eigenvalue weighted by Crippen LogP contribution is -2.26. The van der Waals surface area contributed by atoms with Gasteiger partial charge in [0.25, 0.3) is 0 Å². The van der Waals surface area contributed by atoms with E-state index in [1.54, 1.807) is 0 Å². The third kappa shape index (κ3) is 5.18. The van der Waals surface area contributed by atoms with E-state index in [0.717, 1.165) is 30.2 Å². The highest BCUT2D eigenvalue weighted by molar-refractivity contribution is 6.30. The van der Waals surface area contributed by atoms with Gasteiger partial charge in [-0.1, -0.05) is 37.6 Å². The number of aryl methyl sites for hydroxylation is 1. The lowest BCUT2D eigenvalue weighted by molar-refractivity contribution is 0.511. The molecule has 1 atom stereocenters. The molecule has 3 nitrogen and oxygen atoms in total. The first-order chi connectivity index (χ1) is 10.0. The summed E-state index contributed by atoms with van der Waals surface area (Å²) in [5.74, 6) is 1.07. The fourth-order valence-electron chi connectivity index (χ4n) is 2.41. The normalized spacial score (nSPS) is 12.8. The van der Waals surface area contributed by atoms with Crippen LogP contribution in [-0.4, -0.2) is 22.9 Å². The molecule has 0 saturated carbocycles. The van der Waals surface area contributed by atoms with Gasteiger partial charge in [0.1, 0.15) is 0 Å². The van der Waals surface area contributed by atoms with E-state index in [1.165, 1.54) is 5.56 Å². The molecule has 0 aliphatic heterocycles. The molecule has 0 amide bonds. The topological polar surface area (TPSA) is 29.9 Å². The van der Waals surface area contributed by atoms with Gasteiger partial charge in [0.2, 0.25) is 0 Å². The number of rotatable bonds is 7. The van der Waals surface area contributed by atoms with Crippen LogP contribution in [0, 0.1) is 5.92 Å². The standard InChI is InChI=1S/C17H24ClN3/c1-13(2)11-19-12-15(10-17-8-9-21(3)20-17)14-4-6-16(18)7-5-14/h4-9,13,15,19H,10-12H2,1-3H3. The number of nitrogens with one attached hydrogen (secondary N) is 1. The number of benzene rings is 1. The zero-order valence-corrected chi connectivity index (χ0v) is 13.8. The predicted octanol–water partition coefficient (Wildman–Crippen LogP) is 3.65. The van der Waals surface area contributed by atoms with Crippen LogP contribution >= 0.6 is 11.6 Å². The summed E-state index contributed by atoms with van der Waals surface area (Å²) in [6, 6.07) is 10.3. The first-order valence-corrected chi connectivity index (χ1v) is 7.87. The lowest BCUT2D eigenvalue weighted by Gasteiger charge is -2.18. The number of hydrogen-bond donors (Lipinski definition) is 1. The fraction of sp³-hybridized carbons (Fsp3) is 0.471. The van der Waals surface area contributed by atoms with Crippen molar-refractivity contribution < 1.29 is 0 Å². The molecule has 1 N–H and O–H groups in total. The summed E-state index contributed by atoms with van der Waals surface area (Å²) in [7, 11) is 1.96. The van der Waals surface area contributed by atoms with Crippen molar-refractivity contribution in [3.63, 3.8) is 0 Å². The molecular formula is C17H24ClN3. The van der Waals surface area contributed by atoms with Gasteiger partial charge < -0.3 is 5.32 Å². The quantitative estimate of drug-likeness (QED) is 0.846. The Labute approximate surface area is 132 Å². The second kappa shape index (κ2) is 7.62. The van der Waals surface area contributed by atoms with Crippen LogP contribution in [0.25, 0.3) is 0 Å². The van der Waals surface area contributed by atoms with Crippen molar-refractivity contribution in [1.29, 1.82) is 0 Å². The Morgan fingerprint density at radius 2 is 1.86 bits per heavy atom. The maximum Gasteiger partial charge on any atom is 0.0631 e. The number of hydrogen-bond acceptors (Lipinski definition) is 2. The van der Waals surface area contributed by atoms with E-state index >= 15 is 0 Å². The second-order valence-corrected chi connectivity index (χ2v) is 6.42. The van der Waals surface area contributed by atoms with Crippen molar-refractivity contribution in [2.24, 2.45) is 13.0 Å². The Bertz CT molecular complexity index is 545. The van der Waals surface area contributed by atoms with Crippen LogP contribution < -0.4 is 5.32 Å². The third-order valence-corrected chi connectivity index (χ3v) is 3.76. The first-order valence-electron chi connectivity index (χ1n) is 7.49. The largest absolute Gasteiger partial charge is 0.316 e. The molecule has 1 heterocycles. The van der Waals surface area contributed by atoms with Crippen molar-refractivity contribution in [2.75, 3.05) is 13.1 Å². The summed E-state index contributed by atoms with van der Waals surface area (Å²) < 4.78 is 1.86. The minimum absolute atomic E-state index is 0.413. The summed E-state index contributed by atoms with van der Waals surface area (Å²) in [6.07, 6.45) is 2.93. The molecule has 114 valence electrons. The monoisotopic (exact) mass is 305 g/mol. The van der Waals surface area contributed by atoms with E-state index in [9.17, 15) is 0 Å². The summed E-state index contributed by atoms with van der Waals surface area (Å²) in [5, 5.41) is 8.84. The van der Waals surface area contributed by atoms with Crippen LogP contribution in [0.5, 0.6) is 0 Å². The molecular weight excluding hydrogens is 282 g/mol. The van der Waals surface area contributed by atoms with Crippen LogP contribution in [0.2, 0.25) is 5.02 Å². The zero-order valence-electron chi connectivity index (χ0n) is 13.0. The summed E-state index contributed by atoms with van der Waals surface area (Å²) in [4.78, 5) is 0. The Balaban J connectivity index is 2.07. The van der Waals surface area contributed by atoms with Crippen molar-refractivity contribution >= 4 is 11.6 Å². The van der Waals surface area contributed by atoms with Crippen LogP contribution in [0.15, 0.2) is 36.5 Å². The van der Waals surface area contributed by atoms with E-state index < -0.39 is 0 Å². The Hall–Kier alpha value is -1.32. The van der Waals surface area contributed by atoms with Crippen LogP contribution in [0.4, 0.5) is 0 Å². The van der Waals surface area contributed by atoms with Crippen molar-refractivity contribution in [3.8, 4) is 0 Å². The van der Waals surface area contributed by atoms with Crippen LogP contribution in [0.3, 0.4) is 0 Å². The smallest absolute Gasteiger partial charge is 0.0631 e. The molecule has 1 aromatic carbocycles. The van der Waals surface area contributed by atoms with E-state index in [2.05, 4.69) is 42.5 Å². The summed E-state index contributed by atoms with van der Waals surface area (Å²) in [5.41, 5.74) is 2.44. The van der Waals surface area contributed by atoms with Crippen molar-refractivity contribution in [2.45, 2.75) is 26.2 Å². The van der Waals surface area contributed by atoms with E-state index in [-0.39, 0.29) is 0 Å². The van der Waals surface area contributed by atoms with Gasteiger partial charge in [-0.2, -0.15) is 5.10 Å². The molecule has 2 aromatic rings. The minimum Gasteiger partial charge on any atom is -0.316 e. The minimum atomic E-state index is 0.413. The molecule has 1 unspecified atom stereocenters. The molecule has 0 spiro atoms. The van der Waals surface area contributed by atoms with Gasteiger partial charge in [-0.05, 0) is 42.6 Å². The summed E-state index contributed by atoms with van der Waals surface area (Å²) >= 11 is 5.99. The van der Waals surface area contributed by atoms with E-state index in [1.807, 2.05) is 30.1 Å². The number of nitrogens with zero attached hydrogens (tertiary/aromatic N) is 2. The second-order valence-electron chi connectivity index (χ2n) is 5.99. The molecule has 4 heteroatoms. The lowest BCUT2D eigenvalue weighted by atomic mass is 9.94. The Morgan fingerprint density at radius 3 is 2.43 bits per heavy atom. The van der Waals surface area contributed by atoms with Gasteiger partial charge >= 0.3 is 0 Å². The van der Waals surface area contributed by atoms with Crippen LogP contribution in [0.1, 0.15) is 31.0 Å². The molecule has 0 aliphatic rings. The van der Waals surface area contributed by atoms with Gasteiger partial charge in [0, 0.05) is 30.7 Å². The molecule has 0 fully saturated rings. The van der Waals surface area contributed by atoms with Crippen molar-refractivity contribution in [1.82, 2.24) is 15.1 Å². The molecule has 0 aliphatic carbocycles. The summed E-state index contributed by atoms with van der Waals surface area (Å²) in [6.45, 7) is 6.44. The van der Waals surface area contributed by atoms with Gasteiger partial charge in [-0.15, -0.1) is 0 Å². The van der Waals surface area contributed by atoms with Gasteiger partial charge in [-0.25, -0.2) is 0 Å². The van der Waals surface area contributed by atoms with Crippen LogP contribution in [-0.2, 0) is 13.5 Å². The highest BCUT2D eigenvalue weighted by atomic mass is 35.5. The van der Waals surface area contributed by atoms with E-state index in [0.29, 0.717) is 11.8 Å². The van der Waals surface area contributed by atoms with Gasteiger partial charge in [0.15, 0.2) is 0 Å². The zero-order chi connectivity index (χ0) is 15.2.